The normalized spacial score (nSPS) is 18.9. The zero-order valence-corrected chi connectivity index (χ0v) is 13.8. The van der Waals surface area contributed by atoms with Crippen molar-refractivity contribution in [3.63, 3.8) is 0 Å². The maximum Gasteiger partial charge on any atom is 0.129 e. The van der Waals surface area contributed by atoms with Crippen LogP contribution >= 0.6 is 23.4 Å². The van der Waals surface area contributed by atoms with E-state index in [-0.39, 0.29) is 0 Å². The smallest absolute Gasteiger partial charge is 0.129 e. The van der Waals surface area contributed by atoms with Crippen molar-refractivity contribution >= 4 is 29.2 Å². The number of rotatable bonds is 3. The zero-order valence-electron chi connectivity index (χ0n) is 12.2. The van der Waals surface area contributed by atoms with Crippen molar-refractivity contribution in [2.45, 2.75) is 44.2 Å². The van der Waals surface area contributed by atoms with E-state index in [0.29, 0.717) is 16.5 Å². The van der Waals surface area contributed by atoms with Crippen molar-refractivity contribution < 1.29 is 0 Å². The Hall–Kier alpha value is -0.410. The van der Waals surface area contributed by atoms with E-state index in [1.165, 1.54) is 5.56 Å². The van der Waals surface area contributed by atoms with Crippen molar-refractivity contribution in [3.8, 4) is 0 Å². The highest BCUT2D eigenvalue weighted by Gasteiger charge is 2.28. The Labute approximate surface area is 125 Å². The van der Waals surface area contributed by atoms with E-state index in [4.69, 9.17) is 16.6 Å². The topological polar surface area (TPSA) is 16.1 Å². The molecule has 2 rings (SSSR count). The summed E-state index contributed by atoms with van der Waals surface area (Å²) in [4.78, 5) is 7.23. The average molecular weight is 299 g/mol. The fourth-order valence-electron chi connectivity index (χ4n) is 2.34. The molecule has 0 N–H and O–H groups in total. The van der Waals surface area contributed by atoms with E-state index in [9.17, 15) is 0 Å². The maximum absolute atomic E-state index is 6.02. The SMILES string of the molecule is CC(C)c1cc(CCl)cc(N2CCSC(C)(C)C2)n1. The van der Waals surface area contributed by atoms with Crippen LogP contribution in [-0.2, 0) is 5.88 Å². The van der Waals surface area contributed by atoms with Crippen LogP contribution in [0.3, 0.4) is 0 Å². The molecule has 0 spiro atoms. The van der Waals surface area contributed by atoms with Crippen molar-refractivity contribution in [2.24, 2.45) is 0 Å². The molecule has 0 saturated carbocycles. The highest BCUT2D eigenvalue weighted by atomic mass is 35.5. The van der Waals surface area contributed by atoms with Crippen LogP contribution in [0.15, 0.2) is 12.1 Å². The summed E-state index contributed by atoms with van der Waals surface area (Å²) < 4.78 is 0.300. The third-order valence-electron chi connectivity index (χ3n) is 3.39. The van der Waals surface area contributed by atoms with E-state index in [1.54, 1.807) is 0 Å². The van der Waals surface area contributed by atoms with Gasteiger partial charge in [-0.1, -0.05) is 13.8 Å². The van der Waals surface area contributed by atoms with Gasteiger partial charge in [-0.2, -0.15) is 11.8 Å². The lowest BCUT2D eigenvalue weighted by atomic mass is 10.1. The van der Waals surface area contributed by atoms with Gasteiger partial charge in [0.05, 0.1) is 0 Å². The average Bonchev–Trinajstić information content (AvgIpc) is 2.37. The lowest BCUT2D eigenvalue weighted by Crippen LogP contribution is -2.43. The second-order valence-corrected chi connectivity index (χ2v) is 8.15. The van der Waals surface area contributed by atoms with Gasteiger partial charge in [-0.25, -0.2) is 4.98 Å². The number of alkyl halides is 1. The van der Waals surface area contributed by atoms with Crippen LogP contribution in [0, 0.1) is 0 Å². The Morgan fingerprint density at radius 1 is 1.42 bits per heavy atom. The number of anilines is 1. The Morgan fingerprint density at radius 3 is 2.74 bits per heavy atom. The molecular weight excluding hydrogens is 276 g/mol. The first-order valence-electron chi connectivity index (χ1n) is 6.87. The van der Waals surface area contributed by atoms with E-state index < -0.39 is 0 Å². The van der Waals surface area contributed by atoms with Gasteiger partial charge in [0.2, 0.25) is 0 Å². The van der Waals surface area contributed by atoms with Crippen molar-refractivity contribution in [1.82, 2.24) is 4.98 Å². The van der Waals surface area contributed by atoms with E-state index >= 15 is 0 Å². The molecular formula is C15H23ClN2S. The molecule has 1 aromatic heterocycles. The van der Waals surface area contributed by atoms with Gasteiger partial charge in [-0.3, -0.25) is 0 Å². The van der Waals surface area contributed by atoms with E-state index in [1.807, 2.05) is 11.8 Å². The fourth-order valence-corrected chi connectivity index (χ4v) is 3.61. The van der Waals surface area contributed by atoms with Gasteiger partial charge >= 0.3 is 0 Å². The molecule has 0 aliphatic carbocycles. The van der Waals surface area contributed by atoms with Gasteiger partial charge in [-0.15, -0.1) is 11.6 Å². The molecule has 2 heterocycles. The molecule has 106 valence electrons. The number of pyridine rings is 1. The monoisotopic (exact) mass is 298 g/mol. The largest absolute Gasteiger partial charge is 0.354 e. The molecule has 0 radical (unpaired) electrons. The molecule has 0 bridgehead atoms. The number of hydrogen-bond acceptors (Lipinski definition) is 3. The first-order chi connectivity index (χ1) is 8.91. The van der Waals surface area contributed by atoms with Gasteiger partial charge in [0.1, 0.15) is 5.82 Å². The molecule has 0 amide bonds. The highest BCUT2D eigenvalue weighted by molar-refractivity contribution is 8.00. The van der Waals surface area contributed by atoms with Crippen LogP contribution in [0.4, 0.5) is 5.82 Å². The lowest BCUT2D eigenvalue weighted by molar-refractivity contribution is 0.639. The molecule has 1 aromatic rings. The lowest BCUT2D eigenvalue weighted by Gasteiger charge is -2.38. The first-order valence-corrected chi connectivity index (χ1v) is 8.39. The van der Waals surface area contributed by atoms with Crippen molar-refractivity contribution in [3.05, 3.63) is 23.4 Å². The van der Waals surface area contributed by atoms with Crippen LogP contribution in [-0.4, -0.2) is 28.6 Å². The molecule has 0 unspecified atom stereocenters. The summed E-state index contributed by atoms with van der Waals surface area (Å²) in [5.41, 5.74) is 2.32. The predicted molar refractivity (Wildman–Crippen MR) is 86.6 cm³/mol. The van der Waals surface area contributed by atoms with Crippen LogP contribution in [0.5, 0.6) is 0 Å². The fraction of sp³-hybridized carbons (Fsp3) is 0.667. The molecule has 1 aliphatic heterocycles. The summed E-state index contributed by atoms with van der Waals surface area (Å²) in [6, 6.07) is 4.27. The van der Waals surface area contributed by atoms with Crippen LogP contribution in [0.2, 0.25) is 0 Å². The van der Waals surface area contributed by atoms with Crippen LogP contribution in [0.25, 0.3) is 0 Å². The summed E-state index contributed by atoms with van der Waals surface area (Å²) in [7, 11) is 0. The maximum atomic E-state index is 6.02. The van der Waals surface area contributed by atoms with Gasteiger partial charge in [0.25, 0.3) is 0 Å². The summed E-state index contributed by atoms with van der Waals surface area (Å²) >= 11 is 8.06. The summed E-state index contributed by atoms with van der Waals surface area (Å²) in [6.45, 7) is 11.1. The highest BCUT2D eigenvalue weighted by Crippen LogP contribution is 2.32. The number of nitrogens with zero attached hydrogens (tertiary/aromatic N) is 2. The minimum Gasteiger partial charge on any atom is -0.354 e. The van der Waals surface area contributed by atoms with E-state index in [2.05, 4.69) is 44.7 Å². The minimum atomic E-state index is 0.300. The second-order valence-electron chi connectivity index (χ2n) is 6.08. The van der Waals surface area contributed by atoms with Gasteiger partial charge in [0.15, 0.2) is 0 Å². The van der Waals surface area contributed by atoms with E-state index in [0.717, 1.165) is 30.4 Å². The van der Waals surface area contributed by atoms with Gasteiger partial charge in [-0.05, 0) is 37.5 Å². The molecule has 1 fully saturated rings. The Morgan fingerprint density at radius 2 is 2.16 bits per heavy atom. The Kier molecular flexibility index (Phi) is 4.67. The third kappa shape index (κ3) is 3.79. The number of hydrogen-bond donors (Lipinski definition) is 0. The number of halogens is 1. The molecule has 2 nitrogen and oxygen atoms in total. The first kappa shape index (κ1) is 15.0. The molecule has 1 saturated heterocycles. The van der Waals surface area contributed by atoms with Crippen molar-refractivity contribution in [2.75, 3.05) is 23.7 Å². The molecule has 1 aliphatic rings. The summed E-state index contributed by atoms with van der Waals surface area (Å²) in [5, 5.41) is 0. The predicted octanol–water partition coefficient (Wildman–Crippen LogP) is 4.28. The molecule has 4 heteroatoms. The van der Waals surface area contributed by atoms with Crippen LogP contribution < -0.4 is 4.90 Å². The standard InChI is InChI=1S/C15H23ClN2S/c1-11(2)13-7-12(9-16)8-14(17-13)18-5-6-19-15(3,4)10-18/h7-8,11H,5-6,9-10H2,1-4H3. The van der Waals surface area contributed by atoms with Crippen molar-refractivity contribution in [1.29, 1.82) is 0 Å². The quantitative estimate of drug-likeness (QED) is 0.775. The molecule has 19 heavy (non-hydrogen) atoms. The van der Waals surface area contributed by atoms with Gasteiger partial charge < -0.3 is 4.90 Å². The summed E-state index contributed by atoms with van der Waals surface area (Å²) in [5.74, 6) is 3.25. The number of thioether (sulfide) groups is 1. The number of aromatic nitrogens is 1. The second kappa shape index (κ2) is 5.92. The minimum absolute atomic E-state index is 0.300. The molecule has 0 aromatic carbocycles. The molecule has 0 atom stereocenters. The van der Waals surface area contributed by atoms with Gasteiger partial charge in [0, 0.05) is 35.2 Å². The summed E-state index contributed by atoms with van der Waals surface area (Å²) in [6.07, 6.45) is 0. The zero-order chi connectivity index (χ0) is 14.0. The van der Waals surface area contributed by atoms with Crippen LogP contribution in [0.1, 0.15) is 44.9 Å². The third-order valence-corrected chi connectivity index (χ3v) is 4.99. The Bertz CT molecular complexity index is 446. The Balaban J connectivity index is 2.30.